The van der Waals surface area contributed by atoms with E-state index in [1.54, 1.807) is 18.2 Å². The number of hydrogen-bond donors (Lipinski definition) is 2. The van der Waals surface area contributed by atoms with E-state index in [1.165, 1.54) is 6.07 Å². The van der Waals surface area contributed by atoms with Crippen LogP contribution in [0.15, 0.2) is 24.3 Å². The predicted octanol–water partition coefficient (Wildman–Crippen LogP) is 1.39. The average Bonchev–Trinajstić information content (AvgIpc) is 3.04. The molecule has 0 aliphatic carbocycles. The number of amides is 1. The second-order valence-corrected chi connectivity index (χ2v) is 6.34. The number of para-hydroxylation sites is 1. The highest BCUT2D eigenvalue weighted by atomic mass is 16.6. The van der Waals surface area contributed by atoms with E-state index >= 15 is 0 Å². The molecule has 0 radical (unpaired) electrons. The van der Waals surface area contributed by atoms with Crippen LogP contribution in [-0.2, 0) is 6.42 Å². The van der Waals surface area contributed by atoms with Gasteiger partial charge in [0.25, 0.3) is 11.6 Å². The Morgan fingerprint density at radius 2 is 2.12 bits per heavy atom. The van der Waals surface area contributed by atoms with Crippen LogP contribution in [0, 0.1) is 17.0 Å². The van der Waals surface area contributed by atoms with Crippen molar-refractivity contribution in [3.63, 3.8) is 0 Å². The number of carbonyl (C=O) groups excluding carboxylic acids is 1. The SMILES string of the molecule is Cc1c(C(=O)NCCc2ccccc2[N+](=O)[O-])nnn1C1CCNCC1. The van der Waals surface area contributed by atoms with Gasteiger partial charge in [-0.15, -0.1) is 5.10 Å². The number of nitro groups is 1. The zero-order valence-electron chi connectivity index (χ0n) is 14.6. The molecule has 0 bridgehead atoms. The molecule has 2 aromatic rings. The number of rotatable bonds is 6. The number of hydrogen-bond acceptors (Lipinski definition) is 6. The lowest BCUT2D eigenvalue weighted by Crippen LogP contribution is -2.30. The fourth-order valence-electron chi connectivity index (χ4n) is 3.24. The molecule has 0 spiro atoms. The zero-order valence-corrected chi connectivity index (χ0v) is 14.6. The first-order valence-electron chi connectivity index (χ1n) is 8.71. The Bertz CT molecular complexity index is 798. The lowest BCUT2D eigenvalue weighted by atomic mass is 10.1. The third kappa shape index (κ3) is 3.88. The Labute approximate surface area is 150 Å². The second kappa shape index (κ2) is 8.05. The van der Waals surface area contributed by atoms with E-state index in [4.69, 9.17) is 0 Å². The van der Waals surface area contributed by atoms with Gasteiger partial charge in [-0.05, 0) is 39.3 Å². The Kier molecular flexibility index (Phi) is 5.57. The summed E-state index contributed by atoms with van der Waals surface area (Å²) >= 11 is 0. The van der Waals surface area contributed by atoms with E-state index in [1.807, 2.05) is 11.6 Å². The standard InChI is InChI=1S/C17H22N6O3/c1-12-16(20-21-22(12)14-7-9-18-10-8-14)17(24)19-11-6-13-4-2-3-5-15(13)23(25)26/h2-5,14,18H,6-11H2,1H3,(H,19,24). The normalized spacial score (nSPS) is 15.0. The average molecular weight is 358 g/mol. The van der Waals surface area contributed by atoms with Crippen molar-refractivity contribution in [1.82, 2.24) is 25.6 Å². The summed E-state index contributed by atoms with van der Waals surface area (Å²) in [5.74, 6) is -0.304. The highest BCUT2D eigenvalue weighted by Crippen LogP contribution is 2.20. The molecule has 1 aliphatic heterocycles. The van der Waals surface area contributed by atoms with Gasteiger partial charge in [0.05, 0.1) is 16.7 Å². The molecule has 9 heteroatoms. The maximum absolute atomic E-state index is 12.4. The third-order valence-corrected chi connectivity index (χ3v) is 4.67. The van der Waals surface area contributed by atoms with Crippen LogP contribution in [0.5, 0.6) is 0 Å². The summed E-state index contributed by atoms with van der Waals surface area (Å²) in [5.41, 5.74) is 1.72. The van der Waals surface area contributed by atoms with Crippen molar-refractivity contribution in [2.45, 2.75) is 32.2 Å². The lowest BCUT2D eigenvalue weighted by Gasteiger charge is -2.23. The van der Waals surface area contributed by atoms with Crippen LogP contribution in [0.25, 0.3) is 0 Å². The molecule has 2 N–H and O–H groups in total. The molecule has 1 saturated heterocycles. The van der Waals surface area contributed by atoms with Crippen LogP contribution in [0.2, 0.25) is 0 Å². The number of nitro benzene ring substituents is 1. The first kappa shape index (κ1) is 18.0. The molecular formula is C17H22N6O3. The molecule has 1 amide bonds. The van der Waals surface area contributed by atoms with Gasteiger partial charge in [0.15, 0.2) is 5.69 Å². The van der Waals surface area contributed by atoms with E-state index < -0.39 is 4.92 Å². The molecule has 1 aromatic carbocycles. The molecule has 1 fully saturated rings. The number of benzene rings is 1. The molecule has 0 atom stereocenters. The van der Waals surface area contributed by atoms with E-state index in [0.717, 1.165) is 31.6 Å². The zero-order chi connectivity index (χ0) is 18.5. The minimum absolute atomic E-state index is 0.0646. The summed E-state index contributed by atoms with van der Waals surface area (Å²) in [6.07, 6.45) is 2.30. The fourth-order valence-corrected chi connectivity index (χ4v) is 3.24. The number of nitrogens with one attached hydrogen (secondary N) is 2. The fraction of sp³-hybridized carbons (Fsp3) is 0.471. The highest BCUT2D eigenvalue weighted by molar-refractivity contribution is 5.93. The van der Waals surface area contributed by atoms with Gasteiger partial charge in [0.2, 0.25) is 0 Å². The van der Waals surface area contributed by atoms with Gasteiger partial charge in [-0.25, -0.2) is 4.68 Å². The van der Waals surface area contributed by atoms with E-state index in [0.29, 0.717) is 24.2 Å². The van der Waals surface area contributed by atoms with Crippen molar-refractivity contribution in [3.05, 3.63) is 51.3 Å². The van der Waals surface area contributed by atoms with Gasteiger partial charge in [-0.1, -0.05) is 23.4 Å². The minimum atomic E-state index is -0.411. The molecular weight excluding hydrogens is 336 g/mol. The Hall–Kier alpha value is -2.81. The van der Waals surface area contributed by atoms with Crippen molar-refractivity contribution in [3.8, 4) is 0 Å². The quantitative estimate of drug-likeness (QED) is 0.596. The molecule has 1 aromatic heterocycles. The molecule has 1 aliphatic rings. The molecule has 3 rings (SSSR count). The van der Waals surface area contributed by atoms with Crippen LogP contribution in [-0.4, -0.2) is 45.5 Å². The number of aromatic nitrogens is 3. The van der Waals surface area contributed by atoms with E-state index in [-0.39, 0.29) is 17.6 Å². The minimum Gasteiger partial charge on any atom is -0.350 e. The van der Waals surface area contributed by atoms with Gasteiger partial charge in [-0.2, -0.15) is 0 Å². The van der Waals surface area contributed by atoms with Crippen molar-refractivity contribution in [2.75, 3.05) is 19.6 Å². The molecule has 2 heterocycles. The third-order valence-electron chi connectivity index (χ3n) is 4.67. The maximum atomic E-state index is 12.4. The smallest absolute Gasteiger partial charge is 0.273 e. The molecule has 9 nitrogen and oxygen atoms in total. The Balaban J connectivity index is 1.61. The van der Waals surface area contributed by atoms with Crippen LogP contribution < -0.4 is 10.6 Å². The number of nitrogens with zero attached hydrogens (tertiary/aromatic N) is 4. The van der Waals surface area contributed by atoms with Gasteiger partial charge >= 0.3 is 0 Å². The van der Waals surface area contributed by atoms with Crippen molar-refractivity contribution < 1.29 is 9.72 Å². The first-order chi connectivity index (χ1) is 12.6. The van der Waals surface area contributed by atoms with Crippen LogP contribution in [0.4, 0.5) is 5.69 Å². The molecule has 138 valence electrons. The molecule has 26 heavy (non-hydrogen) atoms. The monoisotopic (exact) mass is 358 g/mol. The van der Waals surface area contributed by atoms with Crippen molar-refractivity contribution >= 4 is 11.6 Å². The van der Waals surface area contributed by atoms with Gasteiger partial charge in [0, 0.05) is 18.2 Å². The second-order valence-electron chi connectivity index (χ2n) is 6.34. The van der Waals surface area contributed by atoms with Crippen LogP contribution in [0.3, 0.4) is 0 Å². The number of carbonyl (C=O) groups is 1. The predicted molar refractivity (Wildman–Crippen MR) is 95.0 cm³/mol. The summed E-state index contributed by atoms with van der Waals surface area (Å²) in [6.45, 7) is 4.00. The molecule has 0 saturated carbocycles. The van der Waals surface area contributed by atoms with Gasteiger partial charge in [0.1, 0.15) is 0 Å². The summed E-state index contributed by atoms with van der Waals surface area (Å²) in [7, 11) is 0. The summed E-state index contributed by atoms with van der Waals surface area (Å²) < 4.78 is 1.83. The Morgan fingerprint density at radius 1 is 1.38 bits per heavy atom. The van der Waals surface area contributed by atoms with Gasteiger partial charge < -0.3 is 10.6 Å². The van der Waals surface area contributed by atoms with Crippen molar-refractivity contribution in [1.29, 1.82) is 0 Å². The summed E-state index contributed by atoms with van der Waals surface area (Å²) in [6, 6.07) is 6.80. The highest BCUT2D eigenvalue weighted by Gasteiger charge is 2.22. The topological polar surface area (TPSA) is 115 Å². The first-order valence-corrected chi connectivity index (χ1v) is 8.71. The lowest BCUT2D eigenvalue weighted by molar-refractivity contribution is -0.385. The van der Waals surface area contributed by atoms with E-state index in [9.17, 15) is 14.9 Å². The maximum Gasteiger partial charge on any atom is 0.273 e. The Morgan fingerprint density at radius 3 is 2.85 bits per heavy atom. The molecule has 0 unspecified atom stereocenters. The van der Waals surface area contributed by atoms with Crippen LogP contribution in [0.1, 0.15) is 40.6 Å². The van der Waals surface area contributed by atoms with Gasteiger partial charge in [-0.3, -0.25) is 14.9 Å². The van der Waals surface area contributed by atoms with Crippen molar-refractivity contribution in [2.24, 2.45) is 0 Å². The van der Waals surface area contributed by atoms with E-state index in [2.05, 4.69) is 20.9 Å². The number of piperidine rings is 1. The van der Waals surface area contributed by atoms with Crippen LogP contribution >= 0.6 is 0 Å². The summed E-state index contributed by atoms with van der Waals surface area (Å²) in [5, 5.41) is 25.3. The summed E-state index contributed by atoms with van der Waals surface area (Å²) in [4.78, 5) is 23.0. The largest absolute Gasteiger partial charge is 0.350 e.